The maximum absolute atomic E-state index is 6.91. The van der Waals surface area contributed by atoms with Gasteiger partial charge in [0.25, 0.3) is 8.32 Å². The molecule has 0 unspecified atom stereocenters. The van der Waals surface area contributed by atoms with Gasteiger partial charge < -0.3 is 18.9 Å². The lowest BCUT2D eigenvalue weighted by Gasteiger charge is -2.42. The lowest BCUT2D eigenvalue weighted by Crippen LogP contribution is -2.50. The molecular weight excluding hydrogens is 392 g/mol. The van der Waals surface area contributed by atoms with E-state index >= 15 is 0 Å². The molecule has 5 nitrogen and oxygen atoms in total. The Morgan fingerprint density at radius 2 is 1.57 bits per heavy atom. The van der Waals surface area contributed by atoms with Crippen LogP contribution in [0.3, 0.4) is 0 Å². The number of ether oxygens (including phenoxy) is 2. The summed E-state index contributed by atoms with van der Waals surface area (Å²) in [4.78, 5) is 7.92. The van der Waals surface area contributed by atoms with Crippen molar-refractivity contribution >= 4 is 14.2 Å². The van der Waals surface area contributed by atoms with Crippen LogP contribution >= 0.6 is 0 Å². The fraction of sp³-hybridized carbons (Fsp3) is 0.542. The van der Waals surface area contributed by atoms with Crippen LogP contribution in [0, 0.1) is 0 Å². The van der Waals surface area contributed by atoms with E-state index in [0.29, 0.717) is 29.1 Å². The Morgan fingerprint density at radius 3 is 2.10 bits per heavy atom. The number of rotatable bonds is 8. The average molecular weight is 429 g/mol. The van der Waals surface area contributed by atoms with Crippen molar-refractivity contribution in [2.45, 2.75) is 71.2 Å². The zero-order valence-corrected chi connectivity index (χ0v) is 20.6. The summed E-state index contributed by atoms with van der Waals surface area (Å²) in [7, 11) is -0.359. The van der Waals surface area contributed by atoms with Gasteiger partial charge in [0.15, 0.2) is 0 Å². The van der Waals surface area contributed by atoms with Crippen molar-refractivity contribution in [3.05, 3.63) is 36.0 Å². The van der Waals surface area contributed by atoms with Crippen LogP contribution in [0.25, 0.3) is 11.3 Å². The number of aromatic nitrogens is 1. The predicted octanol–water partition coefficient (Wildman–Crippen LogP) is 6.41. The summed E-state index contributed by atoms with van der Waals surface area (Å²) in [5.41, 5.74) is 4.43. The van der Waals surface area contributed by atoms with E-state index in [2.05, 4.69) is 63.7 Å². The number of nitrogens with one attached hydrogen (secondary N) is 1. The number of hydrogen-bond acceptors (Lipinski definition) is 4. The third kappa shape index (κ3) is 4.29. The molecule has 1 aliphatic heterocycles. The molecule has 2 aromatic rings. The summed E-state index contributed by atoms with van der Waals surface area (Å²) in [6.07, 6.45) is 0.129. The molecule has 0 amide bonds. The van der Waals surface area contributed by atoms with Crippen LogP contribution in [0.1, 0.15) is 54.2 Å². The van der Waals surface area contributed by atoms with Gasteiger partial charge in [0, 0.05) is 17.3 Å². The van der Waals surface area contributed by atoms with Crippen LogP contribution < -0.4 is 9.16 Å². The third-order valence-corrected chi connectivity index (χ3v) is 12.2. The maximum atomic E-state index is 6.91. The molecule has 0 radical (unpaired) electrons. The monoisotopic (exact) mass is 428 g/mol. The minimum Gasteiger partial charge on any atom is -0.543 e. The van der Waals surface area contributed by atoms with Gasteiger partial charge in [-0.2, -0.15) is 0 Å². The minimum absolute atomic E-state index is 0.129. The largest absolute Gasteiger partial charge is 0.543 e. The lowest BCUT2D eigenvalue weighted by atomic mass is 10.1. The molecule has 2 heterocycles. The van der Waals surface area contributed by atoms with Crippen LogP contribution in [0.2, 0.25) is 16.6 Å². The number of hydrogen-bond donors (Lipinski definition) is 1. The van der Waals surface area contributed by atoms with Gasteiger partial charge in [0.2, 0.25) is 5.90 Å². The van der Waals surface area contributed by atoms with E-state index in [1.165, 1.54) is 0 Å². The van der Waals surface area contributed by atoms with Gasteiger partial charge in [-0.05, 0) is 47.8 Å². The molecule has 30 heavy (non-hydrogen) atoms. The normalized spacial score (nSPS) is 16.9. The van der Waals surface area contributed by atoms with Gasteiger partial charge in [-0.1, -0.05) is 41.5 Å². The van der Waals surface area contributed by atoms with Crippen molar-refractivity contribution in [3.63, 3.8) is 0 Å². The Kier molecular flexibility index (Phi) is 6.65. The summed E-state index contributed by atoms with van der Waals surface area (Å²) in [5.74, 6) is 2.35. The maximum Gasteiger partial charge on any atom is 0.258 e. The van der Waals surface area contributed by atoms with Gasteiger partial charge in [0.1, 0.15) is 23.3 Å². The van der Waals surface area contributed by atoms with E-state index in [0.717, 1.165) is 28.5 Å². The molecule has 6 heteroatoms. The van der Waals surface area contributed by atoms with Crippen molar-refractivity contribution in [1.82, 2.24) is 4.98 Å². The SMILES string of the molecule is COc1cc(O[Si](C(C)C)(C(C)C)C(C)C)cc(-c2ccc(C3=NC[C@H](C)O3)[nH]2)c1. The van der Waals surface area contributed by atoms with Crippen molar-refractivity contribution < 1.29 is 13.9 Å². The molecule has 3 rings (SSSR count). The molecule has 1 N–H and O–H groups in total. The Balaban J connectivity index is 1.97. The zero-order chi connectivity index (χ0) is 22.1. The van der Waals surface area contributed by atoms with E-state index in [4.69, 9.17) is 13.9 Å². The van der Waals surface area contributed by atoms with Gasteiger partial charge >= 0.3 is 0 Å². The van der Waals surface area contributed by atoms with Crippen molar-refractivity contribution in [2.75, 3.05) is 13.7 Å². The van der Waals surface area contributed by atoms with Crippen LogP contribution in [0.15, 0.2) is 35.3 Å². The number of aromatic amines is 1. The summed E-state index contributed by atoms with van der Waals surface area (Å²) < 4.78 is 18.3. The Hall–Kier alpha value is -2.21. The smallest absolute Gasteiger partial charge is 0.258 e. The first-order valence-electron chi connectivity index (χ1n) is 11.0. The highest BCUT2D eigenvalue weighted by molar-refractivity contribution is 6.78. The molecule has 0 saturated carbocycles. The predicted molar refractivity (Wildman–Crippen MR) is 126 cm³/mol. The fourth-order valence-corrected chi connectivity index (χ4v) is 10.0. The molecule has 0 aliphatic carbocycles. The standard InChI is InChI=1S/C24H36N2O3Si/c1-15(2)30(16(3)4,17(5)6)29-21-12-19(11-20(13-21)27-8)22-9-10-23(26-22)24-25-14-18(7)28-24/h9-13,15-18,26H,14H2,1-8H3/t18-/m0/s1. The number of methoxy groups -OCH3 is 1. The zero-order valence-electron chi connectivity index (χ0n) is 19.6. The van der Waals surface area contributed by atoms with Crippen LogP contribution in [-0.2, 0) is 4.74 Å². The highest BCUT2D eigenvalue weighted by Gasteiger charge is 2.47. The van der Waals surface area contributed by atoms with Crippen LogP contribution in [0.4, 0.5) is 0 Å². The molecule has 0 bridgehead atoms. The van der Waals surface area contributed by atoms with Crippen molar-refractivity contribution in [1.29, 1.82) is 0 Å². The second-order valence-electron chi connectivity index (χ2n) is 9.18. The molecule has 1 aromatic heterocycles. The third-order valence-electron chi connectivity index (χ3n) is 6.15. The molecular formula is C24H36N2O3Si. The molecule has 1 aliphatic rings. The molecule has 0 saturated heterocycles. The van der Waals surface area contributed by atoms with Crippen molar-refractivity contribution in [3.8, 4) is 22.8 Å². The Labute approximate surface area is 182 Å². The van der Waals surface area contributed by atoms with E-state index in [1.807, 2.05) is 25.1 Å². The average Bonchev–Trinajstić information content (AvgIpc) is 3.34. The van der Waals surface area contributed by atoms with E-state index in [-0.39, 0.29) is 6.10 Å². The fourth-order valence-electron chi connectivity index (χ4n) is 4.78. The molecule has 1 aromatic carbocycles. The summed E-state index contributed by atoms with van der Waals surface area (Å²) in [6.45, 7) is 16.5. The highest BCUT2D eigenvalue weighted by atomic mass is 28.4. The van der Waals surface area contributed by atoms with E-state index < -0.39 is 8.32 Å². The molecule has 0 spiro atoms. The van der Waals surface area contributed by atoms with Gasteiger partial charge in [-0.25, -0.2) is 4.99 Å². The summed E-state index contributed by atoms with van der Waals surface area (Å²) in [5, 5.41) is 0. The van der Waals surface area contributed by atoms with E-state index in [1.54, 1.807) is 7.11 Å². The van der Waals surface area contributed by atoms with Gasteiger partial charge in [-0.15, -0.1) is 0 Å². The Morgan fingerprint density at radius 1 is 0.967 bits per heavy atom. The topological polar surface area (TPSA) is 55.8 Å². The first-order valence-corrected chi connectivity index (χ1v) is 13.1. The second-order valence-corrected chi connectivity index (χ2v) is 14.6. The summed E-state index contributed by atoms with van der Waals surface area (Å²) >= 11 is 0. The first kappa shape index (κ1) is 22.5. The quantitative estimate of drug-likeness (QED) is 0.494. The van der Waals surface area contributed by atoms with Crippen LogP contribution in [0.5, 0.6) is 11.5 Å². The van der Waals surface area contributed by atoms with Crippen LogP contribution in [-0.4, -0.2) is 39.0 Å². The minimum atomic E-state index is -2.06. The number of H-pyrrole nitrogens is 1. The molecule has 164 valence electrons. The summed E-state index contributed by atoms with van der Waals surface area (Å²) in [6, 6.07) is 10.2. The molecule has 1 atom stereocenters. The number of benzene rings is 1. The number of aliphatic imine (C=N–C) groups is 1. The van der Waals surface area contributed by atoms with Gasteiger partial charge in [-0.3, -0.25) is 0 Å². The first-order chi connectivity index (χ1) is 14.2. The second kappa shape index (κ2) is 8.88. The Bertz CT molecular complexity index is 880. The number of nitrogens with zero attached hydrogens (tertiary/aromatic N) is 1. The molecule has 0 fully saturated rings. The van der Waals surface area contributed by atoms with Crippen molar-refractivity contribution in [2.24, 2.45) is 4.99 Å². The lowest BCUT2D eigenvalue weighted by molar-refractivity contribution is 0.246. The van der Waals surface area contributed by atoms with Gasteiger partial charge in [0.05, 0.1) is 13.7 Å². The highest BCUT2D eigenvalue weighted by Crippen LogP contribution is 2.44. The van der Waals surface area contributed by atoms with E-state index in [9.17, 15) is 0 Å².